The van der Waals surface area contributed by atoms with E-state index in [1.165, 1.54) is 0 Å². The highest BCUT2D eigenvalue weighted by Gasteiger charge is 2.33. The van der Waals surface area contributed by atoms with Crippen molar-refractivity contribution in [3.05, 3.63) is 12.2 Å². The Morgan fingerprint density at radius 3 is 2.33 bits per heavy atom. The third kappa shape index (κ3) is 5.84. The van der Waals surface area contributed by atoms with Crippen molar-refractivity contribution in [2.45, 2.75) is 59.0 Å². The monoisotopic (exact) mass is 256 g/mol. The molecule has 4 nitrogen and oxygen atoms in total. The van der Waals surface area contributed by atoms with E-state index in [0.717, 1.165) is 37.8 Å². The number of ether oxygens (including phenoxy) is 1. The van der Waals surface area contributed by atoms with Crippen molar-refractivity contribution in [1.29, 1.82) is 0 Å². The number of hydrogen-bond donors (Lipinski definition) is 1. The van der Waals surface area contributed by atoms with Gasteiger partial charge in [-0.2, -0.15) is 0 Å². The van der Waals surface area contributed by atoms with Gasteiger partial charge in [0.25, 0.3) is 0 Å². The largest absolute Gasteiger partial charge is 0.478 e. The normalized spacial score (nSPS) is 16.2. The molecule has 0 spiro atoms. The molecule has 0 amide bonds. The maximum Gasteiger partial charge on any atom is 0.331 e. The number of aliphatic carboxylic acids is 1. The van der Waals surface area contributed by atoms with Crippen molar-refractivity contribution in [3.63, 3.8) is 0 Å². The third-order valence-corrected chi connectivity index (χ3v) is 3.21. The lowest BCUT2D eigenvalue weighted by molar-refractivity contribution is -0.158. The van der Waals surface area contributed by atoms with Crippen molar-refractivity contribution in [2.75, 3.05) is 0 Å². The molecular weight excluding hydrogens is 232 g/mol. The summed E-state index contributed by atoms with van der Waals surface area (Å²) in [7, 11) is 0. The molecule has 2 atom stereocenters. The highest BCUT2D eigenvalue weighted by atomic mass is 16.6. The van der Waals surface area contributed by atoms with Crippen LogP contribution in [0.5, 0.6) is 0 Å². The van der Waals surface area contributed by atoms with Gasteiger partial charge in [0.2, 0.25) is 0 Å². The summed E-state index contributed by atoms with van der Waals surface area (Å²) in [6.45, 7) is 8.11. The van der Waals surface area contributed by atoms with E-state index in [2.05, 4.69) is 13.8 Å². The lowest BCUT2D eigenvalue weighted by atomic mass is 9.83. The summed E-state index contributed by atoms with van der Waals surface area (Å²) in [5.74, 6) is -1.48. The van der Waals surface area contributed by atoms with Gasteiger partial charge in [0, 0.05) is 12.2 Å². The summed E-state index contributed by atoms with van der Waals surface area (Å²) < 4.78 is 5.45. The Morgan fingerprint density at radius 2 is 1.89 bits per heavy atom. The lowest BCUT2D eigenvalue weighted by Crippen LogP contribution is -2.38. The smallest absolute Gasteiger partial charge is 0.331 e. The first-order valence-electron chi connectivity index (χ1n) is 6.49. The van der Waals surface area contributed by atoms with Crippen LogP contribution in [0.3, 0.4) is 0 Å². The van der Waals surface area contributed by atoms with E-state index < -0.39 is 17.5 Å². The summed E-state index contributed by atoms with van der Waals surface area (Å²) in [5.41, 5.74) is -0.523. The molecule has 0 heterocycles. The van der Waals surface area contributed by atoms with Crippen molar-refractivity contribution >= 4 is 11.9 Å². The van der Waals surface area contributed by atoms with E-state index in [1.807, 2.05) is 13.8 Å². The van der Waals surface area contributed by atoms with Crippen LogP contribution < -0.4 is 0 Å². The summed E-state index contributed by atoms with van der Waals surface area (Å²) in [5, 5.41) is 8.46. The number of rotatable bonds is 8. The van der Waals surface area contributed by atoms with Crippen molar-refractivity contribution in [1.82, 2.24) is 0 Å². The Bertz CT molecular complexity index is 309. The maximum atomic E-state index is 11.6. The Labute approximate surface area is 109 Å². The van der Waals surface area contributed by atoms with Gasteiger partial charge in [-0.25, -0.2) is 9.59 Å². The van der Waals surface area contributed by atoms with Gasteiger partial charge >= 0.3 is 11.9 Å². The first kappa shape index (κ1) is 16.7. The molecule has 18 heavy (non-hydrogen) atoms. The fourth-order valence-electron chi connectivity index (χ4n) is 2.04. The van der Waals surface area contributed by atoms with E-state index >= 15 is 0 Å². The summed E-state index contributed by atoms with van der Waals surface area (Å²) >= 11 is 0. The van der Waals surface area contributed by atoms with E-state index in [0.29, 0.717) is 0 Å². The molecule has 0 bridgehead atoms. The third-order valence-electron chi connectivity index (χ3n) is 3.21. The van der Waals surface area contributed by atoms with E-state index in [-0.39, 0.29) is 5.92 Å². The molecule has 0 aromatic rings. The second-order valence-corrected chi connectivity index (χ2v) is 4.85. The van der Waals surface area contributed by atoms with Crippen LogP contribution in [0.25, 0.3) is 0 Å². The highest BCUT2D eigenvalue weighted by molar-refractivity contribution is 5.90. The molecule has 1 N–H and O–H groups in total. The van der Waals surface area contributed by atoms with Crippen LogP contribution >= 0.6 is 0 Å². The number of esters is 1. The van der Waals surface area contributed by atoms with Gasteiger partial charge in [0.05, 0.1) is 0 Å². The molecule has 104 valence electrons. The van der Waals surface area contributed by atoms with Crippen LogP contribution in [0, 0.1) is 5.92 Å². The SMILES string of the molecule is CCCC(C)C(C)(CCC)OC(=O)C=CC(=O)O. The number of carboxylic acids is 1. The quantitative estimate of drug-likeness (QED) is 0.535. The first-order chi connectivity index (χ1) is 8.35. The zero-order chi connectivity index (χ0) is 14.2. The number of carboxylic acid groups (broad SMARTS) is 1. The van der Waals surface area contributed by atoms with Gasteiger partial charge in [-0.1, -0.05) is 33.6 Å². The fraction of sp³-hybridized carbons (Fsp3) is 0.714. The second-order valence-electron chi connectivity index (χ2n) is 4.85. The zero-order valence-electron chi connectivity index (χ0n) is 11.7. The molecule has 4 heteroatoms. The number of hydrogen-bond acceptors (Lipinski definition) is 3. The number of carbonyl (C=O) groups is 2. The van der Waals surface area contributed by atoms with Crippen LogP contribution in [0.1, 0.15) is 53.4 Å². The van der Waals surface area contributed by atoms with Crippen molar-refractivity contribution in [3.8, 4) is 0 Å². The predicted octanol–water partition coefficient (Wildman–Crippen LogP) is 3.17. The molecule has 0 aromatic carbocycles. The summed E-state index contributed by atoms with van der Waals surface area (Å²) in [4.78, 5) is 21.9. The van der Waals surface area contributed by atoms with Crippen LogP contribution in [-0.4, -0.2) is 22.6 Å². The van der Waals surface area contributed by atoms with E-state index in [9.17, 15) is 9.59 Å². The molecule has 0 saturated carbocycles. The van der Waals surface area contributed by atoms with Crippen LogP contribution in [0.15, 0.2) is 12.2 Å². The fourth-order valence-corrected chi connectivity index (χ4v) is 2.04. The first-order valence-corrected chi connectivity index (χ1v) is 6.49. The Kier molecular flexibility index (Phi) is 7.32. The lowest BCUT2D eigenvalue weighted by Gasteiger charge is -2.35. The minimum absolute atomic E-state index is 0.254. The van der Waals surface area contributed by atoms with Crippen molar-refractivity contribution in [2.24, 2.45) is 5.92 Å². The summed E-state index contributed by atoms with van der Waals surface area (Å²) in [6.07, 6.45) is 5.48. The molecular formula is C14H24O4. The predicted molar refractivity (Wildman–Crippen MR) is 70.3 cm³/mol. The molecule has 0 rings (SSSR count). The second kappa shape index (κ2) is 7.90. The molecule has 0 radical (unpaired) electrons. The van der Waals surface area contributed by atoms with Gasteiger partial charge in [0.15, 0.2) is 0 Å². The molecule has 0 aromatic heterocycles. The minimum atomic E-state index is -1.15. The Hall–Kier alpha value is -1.32. The zero-order valence-corrected chi connectivity index (χ0v) is 11.7. The Balaban J connectivity index is 4.69. The minimum Gasteiger partial charge on any atom is -0.478 e. The van der Waals surface area contributed by atoms with Crippen LogP contribution in [0.2, 0.25) is 0 Å². The van der Waals surface area contributed by atoms with Gasteiger partial charge < -0.3 is 9.84 Å². The van der Waals surface area contributed by atoms with Crippen molar-refractivity contribution < 1.29 is 19.4 Å². The molecule has 0 saturated heterocycles. The van der Waals surface area contributed by atoms with Gasteiger partial charge in [-0.05, 0) is 25.7 Å². The van der Waals surface area contributed by atoms with Crippen LogP contribution in [-0.2, 0) is 14.3 Å². The Morgan fingerprint density at radius 1 is 1.28 bits per heavy atom. The van der Waals surface area contributed by atoms with Gasteiger partial charge in [0.1, 0.15) is 5.60 Å². The number of carbonyl (C=O) groups excluding carboxylic acids is 1. The van der Waals surface area contributed by atoms with E-state index in [4.69, 9.17) is 9.84 Å². The highest BCUT2D eigenvalue weighted by Crippen LogP contribution is 2.30. The summed E-state index contributed by atoms with van der Waals surface area (Å²) in [6, 6.07) is 0. The molecule has 0 aliphatic rings. The average molecular weight is 256 g/mol. The topological polar surface area (TPSA) is 63.6 Å². The van der Waals surface area contributed by atoms with Crippen LogP contribution in [0.4, 0.5) is 0 Å². The molecule has 0 fully saturated rings. The van der Waals surface area contributed by atoms with Gasteiger partial charge in [-0.3, -0.25) is 0 Å². The molecule has 0 aliphatic heterocycles. The average Bonchev–Trinajstić information content (AvgIpc) is 2.27. The molecule has 0 aliphatic carbocycles. The molecule has 2 unspecified atom stereocenters. The maximum absolute atomic E-state index is 11.6. The van der Waals surface area contributed by atoms with E-state index in [1.54, 1.807) is 0 Å². The standard InChI is InChI=1S/C14H24O4/c1-5-7-11(3)14(4,10-6-2)18-13(17)9-8-12(15)16/h8-9,11H,5-7,10H2,1-4H3,(H,15,16). The van der Waals surface area contributed by atoms with Gasteiger partial charge in [-0.15, -0.1) is 0 Å².